The lowest BCUT2D eigenvalue weighted by Crippen LogP contribution is -2.64. The second kappa shape index (κ2) is 6.70. The molecule has 0 aromatic heterocycles. The Morgan fingerprint density at radius 1 is 0.867 bits per heavy atom. The number of rotatable bonds is 2. The molecule has 0 heterocycles. The number of hydrogen-bond donors (Lipinski definition) is 3. The van der Waals surface area contributed by atoms with E-state index in [1.54, 1.807) is 7.11 Å². The molecular formula is C26H38O4. The van der Waals surface area contributed by atoms with Crippen molar-refractivity contribution in [2.75, 3.05) is 7.11 Å². The molecule has 30 heavy (non-hydrogen) atoms. The lowest BCUT2D eigenvalue weighted by molar-refractivity contribution is -0.238. The zero-order valence-electron chi connectivity index (χ0n) is 18.7. The van der Waals surface area contributed by atoms with Crippen LogP contribution in [0.5, 0.6) is 5.75 Å². The number of methoxy groups -OCH3 is 1. The van der Waals surface area contributed by atoms with E-state index in [2.05, 4.69) is 13.8 Å². The first kappa shape index (κ1) is 20.8. The second-order valence-electron chi connectivity index (χ2n) is 11.3. The standard InChI is InChI=1S/C26H38O4/c1-23-12-10-19(27)16-18(23)6-9-22-21(23)11-13-24(2)25(28,14-15-26(22,24)29)17-4-7-20(30-3)8-5-17/h4-5,7-8,18-19,21-22,27-29H,6,9-16H2,1-3H3/t18?,19?,21-,22-,23+,24-,25?,26-/m1/s1. The van der Waals surface area contributed by atoms with Gasteiger partial charge in [0, 0.05) is 5.41 Å². The fraction of sp³-hybridized carbons (Fsp3) is 0.769. The van der Waals surface area contributed by atoms with Crippen molar-refractivity contribution in [3.63, 3.8) is 0 Å². The van der Waals surface area contributed by atoms with Crippen molar-refractivity contribution in [2.24, 2.45) is 28.6 Å². The summed E-state index contributed by atoms with van der Waals surface area (Å²) in [4.78, 5) is 0. The van der Waals surface area contributed by atoms with Gasteiger partial charge in [-0.3, -0.25) is 0 Å². The highest BCUT2D eigenvalue weighted by Crippen LogP contribution is 2.71. The van der Waals surface area contributed by atoms with Crippen molar-refractivity contribution in [2.45, 2.75) is 88.9 Å². The van der Waals surface area contributed by atoms with Crippen LogP contribution in [-0.4, -0.2) is 34.1 Å². The third-order valence-corrected chi connectivity index (χ3v) is 10.5. The predicted octanol–water partition coefficient (Wildman–Crippen LogP) is 4.40. The highest BCUT2D eigenvalue weighted by atomic mass is 16.5. The van der Waals surface area contributed by atoms with Crippen molar-refractivity contribution < 1.29 is 20.1 Å². The molecule has 4 heteroatoms. The number of benzene rings is 1. The van der Waals surface area contributed by atoms with Crippen molar-refractivity contribution in [3.05, 3.63) is 29.8 Å². The topological polar surface area (TPSA) is 69.9 Å². The molecule has 3 N–H and O–H groups in total. The molecule has 8 atom stereocenters. The van der Waals surface area contributed by atoms with Gasteiger partial charge in [-0.2, -0.15) is 0 Å². The molecule has 4 aliphatic carbocycles. The number of hydrogen-bond acceptors (Lipinski definition) is 4. The van der Waals surface area contributed by atoms with Crippen LogP contribution in [0, 0.1) is 28.6 Å². The number of fused-ring (bicyclic) bond motifs is 5. The van der Waals surface area contributed by atoms with Crippen LogP contribution >= 0.6 is 0 Å². The third-order valence-electron chi connectivity index (χ3n) is 10.5. The summed E-state index contributed by atoms with van der Waals surface area (Å²) in [6.45, 7) is 4.57. The van der Waals surface area contributed by atoms with Crippen LogP contribution < -0.4 is 4.74 Å². The summed E-state index contributed by atoms with van der Waals surface area (Å²) < 4.78 is 5.31. The van der Waals surface area contributed by atoms with E-state index in [-0.39, 0.29) is 17.4 Å². The quantitative estimate of drug-likeness (QED) is 0.671. The molecule has 0 amide bonds. The van der Waals surface area contributed by atoms with Crippen LogP contribution in [0.4, 0.5) is 0 Å². The Balaban J connectivity index is 1.50. The van der Waals surface area contributed by atoms with Gasteiger partial charge in [0.15, 0.2) is 0 Å². The lowest BCUT2D eigenvalue weighted by atomic mass is 9.43. The normalized spacial score (nSPS) is 50.3. The van der Waals surface area contributed by atoms with Crippen LogP contribution in [-0.2, 0) is 5.60 Å². The molecule has 166 valence electrons. The van der Waals surface area contributed by atoms with Crippen LogP contribution in [0.2, 0.25) is 0 Å². The molecular weight excluding hydrogens is 376 g/mol. The third kappa shape index (κ3) is 2.50. The second-order valence-corrected chi connectivity index (χ2v) is 11.3. The van der Waals surface area contributed by atoms with E-state index in [0.717, 1.165) is 56.3 Å². The van der Waals surface area contributed by atoms with E-state index >= 15 is 0 Å². The van der Waals surface area contributed by atoms with Gasteiger partial charge in [-0.1, -0.05) is 26.0 Å². The maximum absolute atomic E-state index is 12.3. The number of aliphatic hydroxyl groups excluding tert-OH is 1. The minimum atomic E-state index is -1.01. The van der Waals surface area contributed by atoms with E-state index in [1.165, 1.54) is 0 Å². The zero-order chi connectivity index (χ0) is 21.4. The van der Waals surface area contributed by atoms with Crippen LogP contribution in [0.25, 0.3) is 0 Å². The van der Waals surface area contributed by atoms with Crippen molar-refractivity contribution in [3.8, 4) is 5.75 Å². The minimum Gasteiger partial charge on any atom is -0.497 e. The molecule has 4 aliphatic rings. The minimum absolute atomic E-state index is 0.150. The maximum atomic E-state index is 12.3. The maximum Gasteiger partial charge on any atom is 0.118 e. The summed E-state index contributed by atoms with van der Waals surface area (Å²) in [6.07, 6.45) is 8.01. The number of aliphatic hydroxyl groups is 3. The Hall–Kier alpha value is -1.10. The molecule has 0 saturated heterocycles. The summed E-state index contributed by atoms with van der Waals surface area (Å²) in [6, 6.07) is 7.78. The van der Waals surface area contributed by atoms with Crippen LogP contribution in [0.15, 0.2) is 24.3 Å². The molecule has 1 aromatic rings. The average molecular weight is 415 g/mol. The SMILES string of the molecule is COc1ccc(C2(O)CC[C@@]3(O)[C@@H]4CCC5CC(O)CC[C@]5(C)[C@@H]4CC[C@]23C)cc1. The highest BCUT2D eigenvalue weighted by Gasteiger charge is 2.71. The molecule has 3 unspecified atom stereocenters. The summed E-state index contributed by atoms with van der Waals surface area (Å²) in [5.41, 5.74) is -1.29. The summed E-state index contributed by atoms with van der Waals surface area (Å²) in [5, 5.41) is 34.6. The fourth-order valence-corrected chi connectivity index (χ4v) is 8.55. The van der Waals surface area contributed by atoms with Gasteiger partial charge < -0.3 is 20.1 Å². The van der Waals surface area contributed by atoms with Crippen molar-refractivity contribution in [1.29, 1.82) is 0 Å². The molecule has 4 saturated carbocycles. The van der Waals surface area contributed by atoms with Gasteiger partial charge in [-0.15, -0.1) is 0 Å². The van der Waals surface area contributed by atoms with Gasteiger partial charge in [0.05, 0.1) is 24.4 Å². The Morgan fingerprint density at radius 3 is 2.30 bits per heavy atom. The Labute approximate surface area is 180 Å². The number of ether oxygens (including phenoxy) is 1. The van der Waals surface area contributed by atoms with E-state index < -0.39 is 16.6 Å². The Bertz CT molecular complexity index is 808. The predicted molar refractivity (Wildman–Crippen MR) is 116 cm³/mol. The molecule has 1 aromatic carbocycles. The molecule has 0 aliphatic heterocycles. The smallest absolute Gasteiger partial charge is 0.118 e. The van der Waals surface area contributed by atoms with Gasteiger partial charge in [-0.25, -0.2) is 0 Å². The molecule has 5 rings (SSSR count). The first-order chi connectivity index (χ1) is 14.2. The first-order valence-electron chi connectivity index (χ1n) is 12.0. The lowest BCUT2D eigenvalue weighted by Gasteiger charge is -2.64. The highest BCUT2D eigenvalue weighted by molar-refractivity contribution is 5.36. The fourth-order valence-electron chi connectivity index (χ4n) is 8.55. The molecule has 0 bridgehead atoms. The van der Waals surface area contributed by atoms with Gasteiger partial charge in [-0.05, 0) is 98.7 Å². The Kier molecular flexibility index (Phi) is 4.64. The molecule has 0 radical (unpaired) electrons. The largest absolute Gasteiger partial charge is 0.497 e. The monoisotopic (exact) mass is 414 g/mol. The van der Waals surface area contributed by atoms with E-state index in [9.17, 15) is 15.3 Å². The molecule has 4 fully saturated rings. The zero-order valence-corrected chi connectivity index (χ0v) is 18.7. The van der Waals surface area contributed by atoms with Gasteiger partial charge in [0.2, 0.25) is 0 Å². The molecule has 4 nitrogen and oxygen atoms in total. The van der Waals surface area contributed by atoms with Gasteiger partial charge in [0.1, 0.15) is 5.75 Å². The summed E-state index contributed by atoms with van der Waals surface area (Å²) in [7, 11) is 1.65. The van der Waals surface area contributed by atoms with Gasteiger partial charge in [0.25, 0.3) is 0 Å². The van der Waals surface area contributed by atoms with Crippen LogP contribution in [0.1, 0.15) is 77.2 Å². The van der Waals surface area contributed by atoms with Crippen molar-refractivity contribution in [1.82, 2.24) is 0 Å². The van der Waals surface area contributed by atoms with E-state index in [0.29, 0.717) is 24.7 Å². The molecule has 0 spiro atoms. The summed E-state index contributed by atoms with van der Waals surface area (Å²) >= 11 is 0. The van der Waals surface area contributed by atoms with E-state index in [1.807, 2.05) is 24.3 Å². The Morgan fingerprint density at radius 2 is 1.60 bits per heavy atom. The van der Waals surface area contributed by atoms with Gasteiger partial charge >= 0.3 is 0 Å². The van der Waals surface area contributed by atoms with Crippen LogP contribution in [0.3, 0.4) is 0 Å². The first-order valence-corrected chi connectivity index (χ1v) is 12.0. The summed E-state index contributed by atoms with van der Waals surface area (Å²) in [5.74, 6) is 2.08. The van der Waals surface area contributed by atoms with Crippen molar-refractivity contribution >= 4 is 0 Å². The average Bonchev–Trinajstić information content (AvgIpc) is 2.96. The van der Waals surface area contributed by atoms with E-state index in [4.69, 9.17) is 4.74 Å².